The van der Waals surface area contributed by atoms with Gasteiger partial charge in [-0.15, -0.1) is 0 Å². The average molecular weight is 693 g/mol. The predicted molar refractivity (Wildman–Crippen MR) is 194 cm³/mol. The average Bonchev–Trinajstić information content (AvgIpc) is 3.48. The van der Waals surface area contributed by atoms with Gasteiger partial charge in [0.05, 0.1) is 43.2 Å². The monoisotopic (exact) mass is 692 g/mol. The SMILES string of the molecule is Cc1cnc(Nc2cc(C)n(CCN3CCOCC3)n2)nc1-c1c[nH]c2c(NC(=O)CN3CC[C@H](Oc4ccnc(NC5CC5)n4)C3)cccc12. The molecule has 266 valence electrons. The number of anilines is 4. The van der Waals surface area contributed by atoms with Crippen molar-refractivity contribution >= 4 is 40.2 Å². The van der Waals surface area contributed by atoms with Crippen molar-refractivity contribution in [1.82, 2.24) is 44.5 Å². The number of nitrogens with one attached hydrogen (secondary N) is 4. The van der Waals surface area contributed by atoms with Crippen LogP contribution in [0.4, 0.5) is 23.4 Å². The first-order valence-corrected chi connectivity index (χ1v) is 17.8. The van der Waals surface area contributed by atoms with Crippen molar-refractivity contribution in [3.63, 3.8) is 0 Å². The van der Waals surface area contributed by atoms with Crippen molar-refractivity contribution in [3.8, 4) is 17.1 Å². The first-order valence-electron chi connectivity index (χ1n) is 17.8. The van der Waals surface area contributed by atoms with Crippen molar-refractivity contribution in [3.05, 3.63) is 60.2 Å². The highest BCUT2D eigenvalue weighted by Crippen LogP contribution is 2.34. The Balaban J connectivity index is 0.895. The lowest BCUT2D eigenvalue weighted by Crippen LogP contribution is -2.38. The maximum Gasteiger partial charge on any atom is 0.238 e. The Labute approximate surface area is 296 Å². The van der Waals surface area contributed by atoms with E-state index in [1.807, 2.05) is 48.3 Å². The highest BCUT2D eigenvalue weighted by atomic mass is 16.5. The van der Waals surface area contributed by atoms with E-state index >= 15 is 0 Å². The molecular weight excluding hydrogens is 648 g/mol. The van der Waals surface area contributed by atoms with Crippen LogP contribution in [0.3, 0.4) is 0 Å². The number of hydrogen-bond acceptors (Lipinski definition) is 12. The molecule has 0 unspecified atom stereocenters. The van der Waals surface area contributed by atoms with Crippen LogP contribution >= 0.6 is 0 Å². The zero-order chi connectivity index (χ0) is 34.7. The number of H-pyrrole nitrogens is 1. The van der Waals surface area contributed by atoms with Gasteiger partial charge in [-0.3, -0.25) is 19.3 Å². The number of rotatable bonds is 13. The topological polar surface area (TPSA) is 163 Å². The van der Waals surface area contributed by atoms with Gasteiger partial charge in [0.25, 0.3) is 0 Å². The fraction of sp³-hybridized carbons (Fsp3) is 0.444. The number of aromatic nitrogens is 7. The van der Waals surface area contributed by atoms with E-state index in [2.05, 4.69) is 52.6 Å². The summed E-state index contributed by atoms with van der Waals surface area (Å²) in [6.07, 6.45) is 8.56. The standard InChI is InChI=1S/C36H44N12O3/c1-23-19-39-36(42-30-18-24(2)48(45-30)13-12-46-14-16-50-17-15-46)44-33(23)28-20-38-34-27(28)4-3-5-29(34)41-31(49)22-47-11-9-26(21-47)51-32-8-10-37-35(43-32)40-25-6-7-25/h3-5,8,10,18-20,25-26,38H,6-7,9,11-17,21-22H2,1-2H3,(H,41,49)(H,37,40,43)(H,39,42,44,45)/t26-/m0/s1. The predicted octanol–water partition coefficient (Wildman–Crippen LogP) is 3.97. The van der Waals surface area contributed by atoms with E-state index in [4.69, 9.17) is 19.6 Å². The van der Waals surface area contributed by atoms with Crippen molar-refractivity contribution in [2.24, 2.45) is 0 Å². The summed E-state index contributed by atoms with van der Waals surface area (Å²) in [6, 6.07) is 10.2. The minimum Gasteiger partial charge on any atom is -0.473 e. The summed E-state index contributed by atoms with van der Waals surface area (Å²) < 4.78 is 13.6. The molecular formula is C36H44N12O3. The Hall–Kier alpha value is -5.12. The Kier molecular flexibility index (Phi) is 9.47. The molecule has 15 nitrogen and oxygen atoms in total. The van der Waals surface area contributed by atoms with E-state index in [-0.39, 0.29) is 18.6 Å². The molecule has 1 atom stereocenters. The maximum atomic E-state index is 13.2. The van der Waals surface area contributed by atoms with Crippen LogP contribution in [0.1, 0.15) is 30.5 Å². The third-order valence-corrected chi connectivity index (χ3v) is 9.59. The minimum absolute atomic E-state index is 0.0357. The Morgan fingerprint density at radius 1 is 1.02 bits per heavy atom. The molecule has 1 amide bonds. The zero-order valence-corrected chi connectivity index (χ0v) is 29.1. The number of para-hydroxylation sites is 1. The van der Waals surface area contributed by atoms with Gasteiger partial charge in [-0.25, -0.2) is 15.0 Å². The smallest absolute Gasteiger partial charge is 0.238 e. The number of amides is 1. The number of nitrogens with zero attached hydrogens (tertiary/aromatic N) is 8. The highest BCUT2D eigenvalue weighted by molar-refractivity contribution is 6.06. The van der Waals surface area contributed by atoms with Gasteiger partial charge < -0.3 is 30.4 Å². The van der Waals surface area contributed by atoms with E-state index in [0.717, 1.165) is 104 Å². The largest absolute Gasteiger partial charge is 0.473 e. The number of carbonyl (C=O) groups is 1. The summed E-state index contributed by atoms with van der Waals surface area (Å²) >= 11 is 0. The molecule has 0 radical (unpaired) electrons. The van der Waals surface area contributed by atoms with Gasteiger partial charge in [0, 0.05) is 86.1 Å². The summed E-state index contributed by atoms with van der Waals surface area (Å²) in [5.41, 5.74) is 5.29. The maximum absolute atomic E-state index is 13.2. The van der Waals surface area contributed by atoms with Crippen LogP contribution in [0.5, 0.6) is 5.88 Å². The van der Waals surface area contributed by atoms with E-state index in [1.54, 1.807) is 12.3 Å². The second-order valence-corrected chi connectivity index (χ2v) is 13.6. The third kappa shape index (κ3) is 7.95. The second kappa shape index (κ2) is 14.6. The Bertz CT molecular complexity index is 2000. The molecule has 1 aliphatic carbocycles. The van der Waals surface area contributed by atoms with Crippen LogP contribution in [0.2, 0.25) is 0 Å². The number of ether oxygens (including phenoxy) is 2. The first-order chi connectivity index (χ1) is 24.9. The highest BCUT2D eigenvalue weighted by Gasteiger charge is 2.27. The molecule has 8 rings (SSSR count). The zero-order valence-electron chi connectivity index (χ0n) is 29.1. The first kappa shape index (κ1) is 33.0. The second-order valence-electron chi connectivity index (χ2n) is 13.6. The van der Waals surface area contributed by atoms with Gasteiger partial charge >= 0.3 is 0 Å². The molecule has 6 heterocycles. The summed E-state index contributed by atoms with van der Waals surface area (Å²) in [5.74, 6) is 2.25. The van der Waals surface area contributed by atoms with Crippen molar-refractivity contribution in [2.45, 2.75) is 51.8 Å². The molecule has 4 N–H and O–H groups in total. The van der Waals surface area contributed by atoms with Crippen LogP contribution in [-0.2, 0) is 16.1 Å². The van der Waals surface area contributed by atoms with Crippen LogP contribution < -0.4 is 20.7 Å². The number of aromatic amines is 1. The van der Waals surface area contributed by atoms with E-state index in [9.17, 15) is 4.79 Å². The van der Waals surface area contributed by atoms with Gasteiger partial charge in [-0.1, -0.05) is 12.1 Å². The van der Waals surface area contributed by atoms with Crippen molar-refractivity contribution in [1.29, 1.82) is 0 Å². The molecule has 3 fully saturated rings. The fourth-order valence-electron chi connectivity index (χ4n) is 6.69. The quantitative estimate of drug-likeness (QED) is 0.141. The summed E-state index contributed by atoms with van der Waals surface area (Å²) in [6.45, 7) is 10.9. The molecule has 4 aromatic heterocycles. The number of fused-ring (bicyclic) bond motifs is 1. The third-order valence-electron chi connectivity index (χ3n) is 9.59. The molecule has 2 saturated heterocycles. The Morgan fingerprint density at radius 3 is 2.76 bits per heavy atom. The van der Waals surface area contributed by atoms with Crippen LogP contribution in [0.25, 0.3) is 22.2 Å². The van der Waals surface area contributed by atoms with Gasteiger partial charge in [-0.2, -0.15) is 10.1 Å². The molecule has 5 aromatic rings. The molecule has 51 heavy (non-hydrogen) atoms. The lowest BCUT2D eigenvalue weighted by molar-refractivity contribution is -0.117. The van der Waals surface area contributed by atoms with E-state index in [1.165, 1.54) is 0 Å². The number of benzene rings is 1. The minimum atomic E-state index is -0.0818. The lowest BCUT2D eigenvalue weighted by atomic mass is 10.1. The van der Waals surface area contributed by atoms with Crippen LogP contribution in [0, 0.1) is 13.8 Å². The summed E-state index contributed by atoms with van der Waals surface area (Å²) in [7, 11) is 0. The number of likely N-dealkylation sites (tertiary alicyclic amines) is 1. The normalized spacial score (nSPS) is 18.3. The van der Waals surface area contributed by atoms with Crippen molar-refractivity contribution in [2.75, 3.05) is 68.4 Å². The molecule has 2 aliphatic heterocycles. The number of aryl methyl sites for hydroxylation is 2. The molecule has 0 spiro atoms. The van der Waals surface area contributed by atoms with Crippen molar-refractivity contribution < 1.29 is 14.3 Å². The fourth-order valence-corrected chi connectivity index (χ4v) is 6.69. The van der Waals surface area contributed by atoms with Gasteiger partial charge in [0.2, 0.25) is 23.7 Å². The number of hydrogen-bond donors (Lipinski definition) is 4. The molecule has 0 bridgehead atoms. The summed E-state index contributed by atoms with van der Waals surface area (Å²) in [5, 5.41) is 15.5. The molecule has 3 aliphatic rings. The number of carbonyl (C=O) groups excluding carboxylic acids is 1. The lowest BCUT2D eigenvalue weighted by Gasteiger charge is -2.26. The molecule has 1 aromatic carbocycles. The summed E-state index contributed by atoms with van der Waals surface area (Å²) in [4.78, 5) is 39.4. The van der Waals surface area contributed by atoms with Gasteiger partial charge in [0.1, 0.15) is 6.10 Å². The molecule has 1 saturated carbocycles. The molecule has 15 heteroatoms. The number of morpholine rings is 1. The van der Waals surface area contributed by atoms with E-state index in [0.29, 0.717) is 36.2 Å². The van der Waals surface area contributed by atoms with E-state index < -0.39 is 0 Å². The van der Waals surface area contributed by atoms with Gasteiger partial charge in [-0.05, 0) is 44.7 Å². The van der Waals surface area contributed by atoms with Crippen LogP contribution in [0.15, 0.2) is 48.9 Å². The Morgan fingerprint density at radius 2 is 1.90 bits per heavy atom. The van der Waals surface area contributed by atoms with Crippen LogP contribution in [-0.4, -0.2) is 115 Å². The van der Waals surface area contributed by atoms with Gasteiger partial charge in [0.15, 0.2) is 5.82 Å².